The number of Topliss-reactive ketones (excluding diaryl/α,β-unsaturated/α-hetero) is 1. The lowest BCUT2D eigenvalue weighted by molar-refractivity contribution is -0.141. The van der Waals surface area contributed by atoms with Gasteiger partial charge < -0.3 is 5.11 Å². The summed E-state index contributed by atoms with van der Waals surface area (Å²) >= 11 is 0. The number of rotatable bonds is 10. The summed E-state index contributed by atoms with van der Waals surface area (Å²) < 4.78 is 0. The number of allylic oxidation sites excluding steroid dienone is 1. The highest BCUT2D eigenvalue weighted by molar-refractivity contribution is 5.99. The summed E-state index contributed by atoms with van der Waals surface area (Å²) in [6.45, 7) is 3.97. The molecule has 0 radical (unpaired) electrons. The molecule has 3 heteroatoms. The van der Waals surface area contributed by atoms with Crippen molar-refractivity contribution in [3.05, 3.63) is 47.0 Å². The summed E-state index contributed by atoms with van der Waals surface area (Å²) in [6, 6.07) is 9.36. The van der Waals surface area contributed by atoms with E-state index in [9.17, 15) is 14.7 Å². The van der Waals surface area contributed by atoms with E-state index < -0.39 is 11.4 Å². The number of ketones is 1. The molecular formula is C23H32O3. The van der Waals surface area contributed by atoms with Crippen LogP contribution in [0.3, 0.4) is 0 Å². The molecule has 0 spiro atoms. The Hall–Kier alpha value is -1.90. The third-order valence-electron chi connectivity index (χ3n) is 5.69. The number of hydrogen-bond donors (Lipinski definition) is 1. The molecule has 1 unspecified atom stereocenters. The fraction of sp³-hybridized carbons (Fsp3) is 0.565. The first kappa shape index (κ1) is 20.4. The average Bonchev–Trinajstić information content (AvgIpc) is 2.65. The van der Waals surface area contributed by atoms with Gasteiger partial charge in [-0.15, -0.1) is 0 Å². The maximum Gasteiger partial charge on any atom is 0.318 e. The summed E-state index contributed by atoms with van der Waals surface area (Å²) in [5, 5.41) is 10.1. The second-order valence-corrected chi connectivity index (χ2v) is 7.55. The minimum atomic E-state index is -1.12. The number of benzene rings is 1. The van der Waals surface area contributed by atoms with E-state index in [1.807, 2.05) is 30.3 Å². The summed E-state index contributed by atoms with van der Waals surface area (Å²) in [5.74, 6) is -0.711. The van der Waals surface area contributed by atoms with Crippen LogP contribution in [-0.4, -0.2) is 16.9 Å². The van der Waals surface area contributed by atoms with Gasteiger partial charge in [0.2, 0.25) is 0 Å². The molecule has 0 saturated heterocycles. The van der Waals surface area contributed by atoms with Gasteiger partial charge in [0.15, 0.2) is 5.78 Å². The standard InChI is InChI=1S/C23H32O3/c1-3-4-5-6-7-11-15-19-20(16-12-17-21(19)24)23(2,22(25)26)18-13-9-8-10-14-18/h8-10,13-14H,3-7,11-12,15-17H2,1-2H3,(H,25,26). The molecule has 1 N–H and O–H groups in total. The second-order valence-electron chi connectivity index (χ2n) is 7.55. The molecule has 26 heavy (non-hydrogen) atoms. The van der Waals surface area contributed by atoms with E-state index in [1.54, 1.807) is 6.92 Å². The molecule has 0 aromatic heterocycles. The Bertz CT molecular complexity index is 645. The first-order valence-corrected chi connectivity index (χ1v) is 10.1. The predicted molar refractivity (Wildman–Crippen MR) is 105 cm³/mol. The zero-order valence-electron chi connectivity index (χ0n) is 16.2. The quantitative estimate of drug-likeness (QED) is 0.537. The fourth-order valence-corrected chi connectivity index (χ4v) is 4.02. The zero-order chi connectivity index (χ0) is 19.0. The minimum Gasteiger partial charge on any atom is -0.480 e. The van der Waals surface area contributed by atoms with Crippen molar-refractivity contribution in [1.29, 1.82) is 0 Å². The largest absolute Gasteiger partial charge is 0.480 e. The third kappa shape index (κ3) is 4.63. The zero-order valence-corrected chi connectivity index (χ0v) is 16.2. The van der Waals surface area contributed by atoms with Crippen LogP contribution in [0.2, 0.25) is 0 Å². The van der Waals surface area contributed by atoms with Crippen LogP contribution in [0.5, 0.6) is 0 Å². The van der Waals surface area contributed by atoms with Gasteiger partial charge in [0.05, 0.1) is 0 Å². The monoisotopic (exact) mass is 356 g/mol. The van der Waals surface area contributed by atoms with E-state index in [-0.39, 0.29) is 5.78 Å². The van der Waals surface area contributed by atoms with Crippen molar-refractivity contribution >= 4 is 11.8 Å². The van der Waals surface area contributed by atoms with Gasteiger partial charge in [-0.25, -0.2) is 0 Å². The Morgan fingerprint density at radius 2 is 1.69 bits per heavy atom. The van der Waals surface area contributed by atoms with E-state index in [1.165, 1.54) is 25.7 Å². The number of unbranched alkanes of at least 4 members (excludes halogenated alkanes) is 5. The topological polar surface area (TPSA) is 54.4 Å². The van der Waals surface area contributed by atoms with Crippen LogP contribution in [0, 0.1) is 0 Å². The van der Waals surface area contributed by atoms with Crippen LogP contribution in [0.4, 0.5) is 0 Å². The molecule has 3 nitrogen and oxygen atoms in total. The normalized spacial score (nSPS) is 17.2. The highest BCUT2D eigenvalue weighted by Gasteiger charge is 2.42. The van der Waals surface area contributed by atoms with Gasteiger partial charge in [0.25, 0.3) is 0 Å². The third-order valence-corrected chi connectivity index (χ3v) is 5.69. The van der Waals surface area contributed by atoms with E-state index in [0.29, 0.717) is 12.8 Å². The van der Waals surface area contributed by atoms with Crippen LogP contribution in [0.15, 0.2) is 41.5 Å². The van der Waals surface area contributed by atoms with Crippen LogP contribution >= 0.6 is 0 Å². The predicted octanol–water partition coefficient (Wildman–Crippen LogP) is 5.83. The number of hydrogen-bond acceptors (Lipinski definition) is 2. The van der Waals surface area contributed by atoms with Gasteiger partial charge in [0.1, 0.15) is 5.41 Å². The molecule has 0 amide bonds. The van der Waals surface area contributed by atoms with Crippen LogP contribution < -0.4 is 0 Å². The highest BCUT2D eigenvalue weighted by Crippen LogP contribution is 2.41. The van der Waals surface area contributed by atoms with Crippen molar-refractivity contribution in [2.24, 2.45) is 0 Å². The number of carbonyl (C=O) groups excluding carboxylic acids is 1. The molecular weight excluding hydrogens is 324 g/mol. The Morgan fingerprint density at radius 3 is 2.35 bits per heavy atom. The lowest BCUT2D eigenvalue weighted by Gasteiger charge is -2.33. The van der Waals surface area contributed by atoms with E-state index >= 15 is 0 Å². The molecule has 1 aromatic rings. The van der Waals surface area contributed by atoms with E-state index in [2.05, 4.69) is 6.92 Å². The van der Waals surface area contributed by atoms with Gasteiger partial charge >= 0.3 is 5.97 Å². The number of carboxylic acids is 1. The summed E-state index contributed by atoms with van der Waals surface area (Å²) in [4.78, 5) is 24.9. The summed E-state index contributed by atoms with van der Waals surface area (Å²) in [5.41, 5.74) is 1.27. The van der Waals surface area contributed by atoms with Crippen LogP contribution in [-0.2, 0) is 15.0 Å². The van der Waals surface area contributed by atoms with Crippen molar-refractivity contribution in [2.45, 2.75) is 83.5 Å². The Morgan fingerprint density at radius 1 is 1.04 bits per heavy atom. The number of aliphatic carboxylic acids is 1. The van der Waals surface area contributed by atoms with Crippen molar-refractivity contribution in [2.75, 3.05) is 0 Å². The molecule has 0 heterocycles. The molecule has 142 valence electrons. The molecule has 1 atom stereocenters. The van der Waals surface area contributed by atoms with Gasteiger partial charge in [-0.05, 0) is 49.3 Å². The van der Waals surface area contributed by atoms with Crippen LogP contribution in [0.1, 0.15) is 83.6 Å². The SMILES string of the molecule is CCCCCCCCC1=C(C(C)(C(=O)O)c2ccccc2)CCCC1=O. The molecule has 1 aromatic carbocycles. The molecule has 2 rings (SSSR count). The van der Waals surface area contributed by atoms with Gasteiger partial charge in [0, 0.05) is 6.42 Å². The number of carboxylic acid groups (broad SMARTS) is 1. The smallest absolute Gasteiger partial charge is 0.318 e. The van der Waals surface area contributed by atoms with Crippen molar-refractivity contribution in [1.82, 2.24) is 0 Å². The Labute approximate surface area is 157 Å². The first-order valence-electron chi connectivity index (χ1n) is 10.1. The van der Waals surface area contributed by atoms with Gasteiger partial charge in [-0.1, -0.05) is 69.4 Å². The first-order chi connectivity index (χ1) is 12.5. The molecule has 0 bridgehead atoms. The van der Waals surface area contributed by atoms with Crippen molar-refractivity contribution in [3.8, 4) is 0 Å². The van der Waals surface area contributed by atoms with Crippen LogP contribution in [0.25, 0.3) is 0 Å². The van der Waals surface area contributed by atoms with E-state index in [4.69, 9.17) is 0 Å². The average molecular weight is 357 g/mol. The fourth-order valence-electron chi connectivity index (χ4n) is 4.02. The maximum absolute atomic E-state index is 12.6. The van der Waals surface area contributed by atoms with Gasteiger partial charge in [-0.3, -0.25) is 9.59 Å². The Kier molecular flexibility index (Phi) is 7.62. The molecule has 1 aliphatic rings. The van der Waals surface area contributed by atoms with Crippen molar-refractivity contribution < 1.29 is 14.7 Å². The molecule has 0 fully saturated rings. The molecule has 0 saturated carbocycles. The van der Waals surface area contributed by atoms with Crippen molar-refractivity contribution in [3.63, 3.8) is 0 Å². The Balaban J connectivity index is 2.27. The molecule has 1 aliphatic carbocycles. The highest BCUT2D eigenvalue weighted by atomic mass is 16.4. The lowest BCUT2D eigenvalue weighted by atomic mass is 9.69. The minimum absolute atomic E-state index is 0.156. The summed E-state index contributed by atoms with van der Waals surface area (Å²) in [6.07, 6.45) is 9.73. The van der Waals surface area contributed by atoms with E-state index in [0.717, 1.165) is 42.4 Å². The molecule has 0 aliphatic heterocycles. The van der Waals surface area contributed by atoms with Gasteiger partial charge in [-0.2, -0.15) is 0 Å². The number of carbonyl (C=O) groups is 2. The second kappa shape index (κ2) is 9.70. The maximum atomic E-state index is 12.6. The lowest BCUT2D eigenvalue weighted by Crippen LogP contribution is -2.37. The summed E-state index contributed by atoms with van der Waals surface area (Å²) in [7, 11) is 0.